The standard InChI is InChI=1S/C7H14S/c1-6(2)7-3-4-8-5-7/h6-7H,3-5H2,1-2H3/p+1. The van der Waals surface area contributed by atoms with Crippen molar-refractivity contribution in [2.45, 2.75) is 20.3 Å². The van der Waals surface area contributed by atoms with E-state index in [1.54, 1.807) is 11.8 Å². The van der Waals surface area contributed by atoms with E-state index < -0.39 is 0 Å². The van der Waals surface area contributed by atoms with Gasteiger partial charge in [0.15, 0.2) is 0 Å². The first-order valence-corrected chi connectivity index (χ1v) is 4.70. The summed E-state index contributed by atoms with van der Waals surface area (Å²) in [5, 5.41) is 0. The maximum Gasteiger partial charge on any atom is 0.109 e. The molecular weight excluding hydrogens is 116 g/mol. The predicted molar refractivity (Wildman–Crippen MR) is 41.4 cm³/mol. The smallest absolute Gasteiger partial charge is 0.0623 e. The molecule has 1 aliphatic rings. The molecule has 8 heavy (non-hydrogen) atoms. The van der Waals surface area contributed by atoms with Gasteiger partial charge >= 0.3 is 0 Å². The zero-order valence-electron chi connectivity index (χ0n) is 5.72. The largest absolute Gasteiger partial charge is 0.109 e. The zero-order chi connectivity index (χ0) is 5.98. The second kappa shape index (κ2) is 2.77. The van der Waals surface area contributed by atoms with Gasteiger partial charge in [-0.15, -0.1) is 0 Å². The fourth-order valence-electron chi connectivity index (χ4n) is 1.15. The Bertz CT molecular complexity index is 62.8. The molecular formula is C7H15S+. The van der Waals surface area contributed by atoms with Crippen molar-refractivity contribution in [3.8, 4) is 0 Å². The first-order valence-electron chi connectivity index (χ1n) is 3.44. The predicted octanol–water partition coefficient (Wildman–Crippen LogP) is 1.48. The van der Waals surface area contributed by atoms with Gasteiger partial charge in [-0.1, -0.05) is 13.8 Å². The lowest BCUT2D eigenvalue weighted by Crippen LogP contribution is -2.06. The van der Waals surface area contributed by atoms with Crippen molar-refractivity contribution in [3.63, 3.8) is 0 Å². The van der Waals surface area contributed by atoms with E-state index in [2.05, 4.69) is 13.8 Å². The van der Waals surface area contributed by atoms with E-state index in [0.717, 1.165) is 11.8 Å². The van der Waals surface area contributed by atoms with E-state index in [1.165, 1.54) is 17.9 Å². The maximum absolute atomic E-state index is 2.34. The number of thiol groups is 1. The topological polar surface area (TPSA) is 0 Å². The molecule has 1 fully saturated rings. The first-order chi connectivity index (χ1) is 3.80. The average Bonchev–Trinajstić information content (AvgIpc) is 2.12. The van der Waals surface area contributed by atoms with Gasteiger partial charge in [-0.25, -0.2) is 0 Å². The van der Waals surface area contributed by atoms with Gasteiger partial charge in [-0.2, -0.15) is 0 Å². The minimum atomic E-state index is 0.935. The van der Waals surface area contributed by atoms with E-state index in [9.17, 15) is 0 Å². The lowest BCUT2D eigenvalue weighted by molar-refractivity contribution is 0.430. The molecule has 0 radical (unpaired) electrons. The highest BCUT2D eigenvalue weighted by molar-refractivity contribution is 7.78. The average molecular weight is 131 g/mol. The fourth-order valence-corrected chi connectivity index (χ4v) is 2.78. The summed E-state index contributed by atoms with van der Waals surface area (Å²) in [6.45, 7) is 4.68. The van der Waals surface area contributed by atoms with E-state index in [0.29, 0.717) is 0 Å². The molecule has 1 heteroatoms. The first kappa shape index (κ1) is 6.47. The SMILES string of the molecule is CC(C)C1CC[SH+]C1. The summed E-state index contributed by atoms with van der Waals surface area (Å²) in [7, 11) is 0. The highest BCUT2D eigenvalue weighted by Crippen LogP contribution is 2.20. The molecule has 1 unspecified atom stereocenters. The Morgan fingerprint density at radius 3 is 2.50 bits per heavy atom. The van der Waals surface area contributed by atoms with Gasteiger partial charge in [0, 0.05) is 5.92 Å². The van der Waals surface area contributed by atoms with E-state index >= 15 is 0 Å². The Hall–Kier alpha value is 0.350. The Morgan fingerprint density at radius 2 is 2.25 bits per heavy atom. The fraction of sp³-hybridized carbons (Fsp3) is 1.00. The van der Waals surface area contributed by atoms with Crippen molar-refractivity contribution in [2.24, 2.45) is 11.8 Å². The van der Waals surface area contributed by atoms with Gasteiger partial charge in [0.1, 0.15) is 11.5 Å². The lowest BCUT2D eigenvalue weighted by Gasteiger charge is -2.07. The summed E-state index contributed by atoms with van der Waals surface area (Å²) >= 11 is 1.70. The quantitative estimate of drug-likeness (QED) is 0.373. The molecule has 1 aliphatic heterocycles. The maximum atomic E-state index is 2.34. The van der Waals surface area contributed by atoms with Gasteiger partial charge in [0.2, 0.25) is 0 Å². The Labute approximate surface area is 56.0 Å². The second-order valence-electron chi connectivity index (χ2n) is 2.92. The van der Waals surface area contributed by atoms with Crippen LogP contribution in [-0.2, 0) is 11.8 Å². The summed E-state index contributed by atoms with van der Waals surface area (Å²) in [4.78, 5) is 0. The van der Waals surface area contributed by atoms with Crippen LogP contribution in [0.1, 0.15) is 20.3 Å². The molecule has 1 rings (SSSR count). The van der Waals surface area contributed by atoms with Gasteiger partial charge in [-0.05, 0) is 24.1 Å². The van der Waals surface area contributed by atoms with Crippen LogP contribution in [0, 0.1) is 11.8 Å². The third-order valence-corrected chi connectivity index (χ3v) is 3.27. The molecule has 1 atom stereocenters. The highest BCUT2D eigenvalue weighted by atomic mass is 32.2. The van der Waals surface area contributed by atoms with Crippen LogP contribution >= 0.6 is 0 Å². The molecule has 0 spiro atoms. The summed E-state index contributed by atoms with van der Waals surface area (Å²) < 4.78 is 0. The van der Waals surface area contributed by atoms with Crippen LogP contribution in [0.25, 0.3) is 0 Å². The van der Waals surface area contributed by atoms with Crippen LogP contribution in [0.4, 0.5) is 0 Å². The van der Waals surface area contributed by atoms with Crippen molar-refractivity contribution in [1.82, 2.24) is 0 Å². The van der Waals surface area contributed by atoms with E-state index in [-0.39, 0.29) is 0 Å². The van der Waals surface area contributed by atoms with Crippen molar-refractivity contribution < 1.29 is 0 Å². The molecule has 0 amide bonds. The van der Waals surface area contributed by atoms with Crippen LogP contribution in [-0.4, -0.2) is 11.5 Å². The Balaban J connectivity index is 2.24. The van der Waals surface area contributed by atoms with E-state index in [1.807, 2.05) is 0 Å². The van der Waals surface area contributed by atoms with Crippen molar-refractivity contribution in [3.05, 3.63) is 0 Å². The van der Waals surface area contributed by atoms with Gasteiger partial charge < -0.3 is 0 Å². The van der Waals surface area contributed by atoms with Crippen LogP contribution in [0.3, 0.4) is 0 Å². The van der Waals surface area contributed by atoms with Crippen LogP contribution in [0.15, 0.2) is 0 Å². The molecule has 1 heterocycles. The zero-order valence-corrected chi connectivity index (χ0v) is 6.62. The molecule has 48 valence electrons. The lowest BCUT2D eigenvalue weighted by atomic mass is 9.96. The third-order valence-electron chi connectivity index (χ3n) is 1.96. The van der Waals surface area contributed by atoms with Crippen molar-refractivity contribution in [1.29, 1.82) is 0 Å². The molecule has 0 nitrogen and oxygen atoms in total. The number of hydrogen-bond donors (Lipinski definition) is 0. The second-order valence-corrected chi connectivity index (χ2v) is 4.18. The molecule has 0 saturated carbocycles. The minimum absolute atomic E-state index is 0.935. The van der Waals surface area contributed by atoms with Gasteiger partial charge in [0.25, 0.3) is 0 Å². The van der Waals surface area contributed by atoms with Crippen LogP contribution in [0.5, 0.6) is 0 Å². The Kier molecular flexibility index (Phi) is 2.24. The molecule has 1 saturated heterocycles. The molecule has 0 aromatic rings. The highest BCUT2D eigenvalue weighted by Gasteiger charge is 2.23. The van der Waals surface area contributed by atoms with Crippen molar-refractivity contribution in [2.75, 3.05) is 11.5 Å². The summed E-state index contributed by atoms with van der Waals surface area (Å²) in [6, 6.07) is 0. The summed E-state index contributed by atoms with van der Waals surface area (Å²) in [5.74, 6) is 4.92. The number of rotatable bonds is 1. The molecule has 0 N–H and O–H groups in total. The number of hydrogen-bond acceptors (Lipinski definition) is 0. The normalized spacial score (nSPS) is 29.6. The van der Waals surface area contributed by atoms with E-state index in [4.69, 9.17) is 0 Å². The monoisotopic (exact) mass is 131 g/mol. The molecule has 0 aromatic heterocycles. The van der Waals surface area contributed by atoms with Gasteiger partial charge in [0.05, 0.1) is 0 Å². The molecule has 0 bridgehead atoms. The summed E-state index contributed by atoms with van der Waals surface area (Å²) in [5.41, 5.74) is 0. The van der Waals surface area contributed by atoms with Gasteiger partial charge in [-0.3, -0.25) is 0 Å². The van der Waals surface area contributed by atoms with Crippen LogP contribution < -0.4 is 0 Å². The molecule has 0 aromatic carbocycles. The minimum Gasteiger partial charge on any atom is -0.0623 e. The Morgan fingerprint density at radius 1 is 1.50 bits per heavy atom. The van der Waals surface area contributed by atoms with Crippen LogP contribution in [0.2, 0.25) is 0 Å². The molecule has 0 aliphatic carbocycles. The van der Waals surface area contributed by atoms with Crippen molar-refractivity contribution >= 4 is 11.8 Å². The third kappa shape index (κ3) is 1.41. The summed E-state index contributed by atoms with van der Waals surface area (Å²) in [6.07, 6.45) is 1.49.